The van der Waals surface area contributed by atoms with Gasteiger partial charge >= 0.3 is 5.51 Å². The van der Waals surface area contributed by atoms with Crippen molar-refractivity contribution in [1.82, 2.24) is 0 Å². The zero-order chi connectivity index (χ0) is 14.3. The lowest BCUT2D eigenvalue weighted by molar-refractivity contribution is -0.0435. The zero-order valence-corrected chi connectivity index (χ0v) is 11.1. The minimum Gasteiger partial charge on any atom is -0.384 e. The summed E-state index contributed by atoms with van der Waals surface area (Å²) in [5.41, 5.74) is -5.27. The molecule has 2 rings (SSSR count). The van der Waals surface area contributed by atoms with Gasteiger partial charge < -0.3 is 5.32 Å². The van der Waals surface area contributed by atoms with Crippen LogP contribution in [0.25, 0.3) is 0 Å². The Labute approximate surface area is 109 Å². The quantitative estimate of drug-likeness (QED) is 0.928. The summed E-state index contributed by atoms with van der Waals surface area (Å²) < 4.78 is 60.5. The van der Waals surface area contributed by atoms with Crippen LogP contribution in [0.3, 0.4) is 0 Å². The zero-order valence-electron chi connectivity index (χ0n) is 10.2. The van der Waals surface area contributed by atoms with Gasteiger partial charge in [-0.15, -0.1) is 0 Å². The number of alkyl halides is 3. The molecule has 1 aliphatic carbocycles. The number of hydrogen-bond acceptors (Lipinski definition) is 3. The molecule has 0 aromatic heterocycles. The SMILES string of the molecule is CC1CC1CNc1ccccc1S(=O)(=O)C(F)(F)F. The van der Waals surface area contributed by atoms with E-state index in [9.17, 15) is 21.6 Å². The van der Waals surface area contributed by atoms with E-state index >= 15 is 0 Å². The van der Waals surface area contributed by atoms with Gasteiger partial charge in [-0.05, 0) is 30.4 Å². The molecule has 0 spiro atoms. The Hall–Kier alpha value is -1.24. The van der Waals surface area contributed by atoms with Crippen LogP contribution in [-0.2, 0) is 9.84 Å². The van der Waals surface area contributed by atoms with Crippen molar-refractivity contribution in [3.8, 4) is 0 Å². The van der Waals surface area contributed by atoms with Crippen molar-refractivity contribution in [3.05, 3.63) is 24.3 Å². The molecule has 3 nitrogen and oxygen atoms in total. The first-order chi connectivity index (χ1) is 8.73. The summed E-state index contributed by atoms with van der Waals surface area (Å²) in [6.45, 7) is 2.54. The van der Waals surface area contributed by atoms with E-state index in [4.69, 9.17) is 0 Å². The predicted molar refractivity (Wildman–Crippen MR) is 65.4 cm³/mol. The topological polar surface area (TPSA) is 46.2 Å². The highest BCUT2D eigenvalue weighted by atomic mass is 32.2. The average molecular weight is 293 g/mol. The Bertz CT molecular complexity index is 569. The Morgan fingerprint density at radius 1 is 1.32 bits per heavy atom. The highest BCUT2D eigenvalue weighted by Crippen LogP contribution is 2.39. The number of benzene rings is 1. The van der Waals surface area contributed by atoms with Crippen molar-refractivity contribution in [2.24, 2.45) is 11.8 Å². The summed E-state index contributed by atoms with van der Waals surface area (Å²) in [7, 11) is -5.31. The second-order valence-corrected chi connectivity index (χ2v) is 6.71. The monoisotopic (exact) mass is 293 g/mol. The van der Waals surface area contributed by atoms with Gasteiger partial charge in [-0.2, -0.15) is 13.2 Å². The molecule has 1 aromatic carbocycles. The second kappa shape index (κ2) is 4.70. The summed E-state index contributed by atoms with van der Waals surface area (Å²) in [4.78, 5) is -0.712. The van der Waals surface area contributed by atoms with Crippen LogP contribution in [0.5, 0.6) is 0 Å². The van der Waals surface area contributed by atoms with Crippen molar-refractivity contribution in [1.29, 1.82) is 0 Å². The van der Waals surface area contributed by atoms with E-state index in [1.807, 2.05) is 6.92 Å². The van der Waals surface area contributed by atoms with Gasteiger partial charge in [-0.25, -0.2) is 8.42 Å². The maximum absolute atomic E-state index is 12.6. The lowest BCUT2D eigenvalue weighted by Gasteiger charge is -2.14. The predicted octanol–water partition coefficient (Wildman–Crippen LogP) is 3.05. The smallest absolute Gasteiger partial charge is 0.384 e. The van der Waals surface area contributed by atoms with Crippen LogP contribution in [-0.4, -0.2) is 20.5 Å². The number of rotatable bonds is 4. The van der Waals surface area contributed by atoms with Gasteiger partial charge in [0.2, 0.25) is 0 Å². The molecule has 0 amide bonds. The molecule has 7 heteroatoms. The lowest BCUT2D eigenvalue weighted by atomic mass is 10.3. The molecule has 2 unspecified atom stereocenters. The van der Waals surface area contributed by atoms with Gasteiger partial charge in [0.05, 0.1) is 10.6 Å². The number of sulfone groups is 1. The minimum absolute atomic E-state index is 0.0129. The molecule has 0 bridgehead atoms. The van der Waals surface area contributed by atoms with E-state index in [0.717, 1.165) is 12.5 Å². The third-order valence-electron chi connectivity index (χ3n) is 3.31. The molecule has 106 valence electrons. The summed E-state index contributed by atoms with van der Waals surface area (Å²) in [5.74, 6) is 0.945. The maximum atomic E-state index is 12.6. The summed E-state index contributed by atoms with van der Waals surface area (Å²) in [6, 6.07) is 5.12. The van der Waals surface area contributed by atoms with E-state index in [0.29, 0.717) is 18.4 Å². The normalized spacial score (nSPS) is 23.2. The van der Waals surface area contributed by atoms with Crippen molar-refractivity contribution in [3.63, 3.8) is 0 Å². The first kappa shape index (κ1) is 14.2. The number of anilines is 1. The summed E-state index contributed by atoms with van der Waals surface area (Å²) >= 11 is 0. The average Bonchev–Trinajstić information content (AvgIpc) is 3.01. The van der Waals surface area contributed by atoms with E-state index in [1.165, 1.54) is 18.2 Å². The van der Waals surface area contributed by atoms with Gasteiger partial charge in [0, 0.05) is 6.54 Å². The van der Waals surface area contributed by atoms with Gasteiger partial charge in [-0.3, -0.25) is 0 Å². The van der Waals surface area contributed by atoms with Crippen LogP contribution in [0.2, 0.25) is 0 Å². The number of hydrogen-bond donors (Lipinski definition) is 1. The molecule has 1 aromatic rings. The molecular weight excluding hydrogens is 279 g/mol. The van der Waals surface area contributed by atoms with Crippen LogP contribution in [0.15, 0.2) is 29.2 Å². The van der Waals surface area contributed by atoms with Crippen LogP contribution >= 0.6 is 0 Å². The first-order valence-corrected chi connectivity index (χ1v) is 7.36. The van der Waals surface area contributed by atoms with Crippen LogP contribution in [0.1, 0.15) is 13.3 Å². The molecule has 2 atom stereocenters. The van der Waals surface area contributed by atoms with Gasteiger partial charge in [0.25, 0.3) is 9.84 Å². The van der Waals surface area contributed by atoms with Crippen molar-refractivity contribution < 1.29 is 21.6 Å². The number of para-hydroxylation sites is 1. The molecular formula is C12H14F3NO2S. The maximum Gasteiger partial charge on any atom is 0.501 e. The third kappa shape index (κ3) is 2.86. The Morgan fingerprint density at radius 3 is 2.42 bits per heavy atom. The highest BCUT2D eigenvalue weighted by molar-refractivity contribution is 7.92. The molecule has 1 N–H and O–H groups in total. The van der Waals surface area contributed by atoms with Gasteiger partial charge in [-0.1, -0.05) is 19.1 Å². The van der Waals surface area contributed by atoms with Crippen molar-refractivity contribution in [2.75, 3.05) is 11.9 Å². The second-order valence-electron chi connectivity index (χ2n) is 4.80. The van der Waals surface area contributed by atoms with Crippen molar-refractivity contribution in [2.45, 2.75) is 23.7 Å². The third-order valence-corrected chi connectivity index (χ3v) is 4.86. The standard InChI is InChI=1S/C12H14F3NO2S/c1-8-6-9(8)7-16-10-4-2-3-5-11(10)19(17,18)12(13,14)15/h2-5,8-9,16H,6-7H2,1H3. The fourth-order valence-electron chi connectivity index (χ4n) is 1.90. The van der Waals surface area contributed by atoms with E-state index < -0.39 is 20.2 Å². The Balaban J connectivity index is 2.26. The van der Waals surface area contributed by atoms with Crippen LogP contribution < -0.4 is 5.32 Å². The molecule has 1 fully saturated rings. The summed E-state index contributed by atoms with van der Waals surface area (Å²) in [5, 5.41) is 2.80. The van der Waals surface area contributed by atoms with E-state index in [-0.39, 0.29) is 5.69 Å². The largest absolute Gasteiger partial charge is 0.501 e. The van der Waals surface area contributed by atoms with Gasteiger partial charge in [0.1, 0.15) is 0 Å². The van der Waals surface area contributed by atoms with Crippen LogP contribution in [0, 0.1) is 11.8 Å². The molecule has 1 saturated carbocycles. The lowest BCUT2D eigenvalue weighted by Crippen LogP contribution is -2.24. The molecule has 0 saturated heterocycles. The molecule has 19 heavy (non-hydrogen) atoms. The molecule has 1 aliphatic rings. The van der Waals surface area contributed by atoms with E-state index in [2.05, 4.69) is 5.32 Å². The van der Waals surface area contributed by atoms with Gasteiger partial charge in [0.15, 0.2) is 0 Å². The fourth-order valence-corrected chi connectivity index (χ4v) is 2.83. The van der Waals surface area contributed by atoms with Crippen LogP contribution in [0.4, 0.5) is 18.9 Å². The molecule has 0 radical (unpaired) electrons. The first-order valence-electron chi connectivity index (χ1n) is 5.87. The summed E-state index contributed by atoms with van der Waals surface area (Å²) in [6.07, 6.45) is 1.02. The van der Waals surface area contributed by atoms with Crippen molar-refractivity contribution >= 4 is 15.5 Å². The molecule has 0 heterocycles. The number of nitrogens with one attached hydrogen (secondary N) is 1. The Morgan fingerprint density at radius 2 is 1.89 bits per heavy atom. The Kier molecular flexibility index (Phi) is 3.51. The minimum atomic E-state index is -5.31. The molecule has 0 aliphatic heterocycles. The fraction of sp³-hybridized carbons (Fsp3) is 0.500. The highest BCUT2D eigenvalue weighted by Gasteiger charge is 2.48. The number of halogens is 3. The van der Waals surface area contributed by atoms with E-state index in [1.54, 1.807) is 0 Å².